The number of carboxylic acids is 1. The van der Waals surface area contributed by atoms with Gasteiger partial charge >= 0.3 is 12.1 Å². The van der Waals surface area contributed by atoms with Gasteiger partial charge in [0.05, 0.1) is 0 Å². The normalized spacial score (nSPS) is 23.4. The van der Waals surface area contributed by atoms with Crippen molar-refractivity contribution in [3.05, 3.63) is 59.2 Å². The van der Waals surface area contributed by atoms with E-state index in [1.165, 1.54) is 30.3 Å². The first-order valence-corrected chi connectivity index (χ1v) is 8.73. The van der Waals surface area contributed by atoms with E-state index in [1.807, 2.05) is 0 Å². The van der Waals surface area contributed by atoms with Crippen LogP contribution >= 0.6 is 0 Å². The van der Waals surface area contributed by atoms with Crippen LogP contribution < -0.4 is 0 Å². The Morgan fingerprint density at radius 2 is 1.75 bits per heavy atom. The molecule has 0 saturated carbocycles. The maximum atomic E-state index is 13.9. The van der Waals surface area contributed by atoms with Crippen molar-refractivity contribution in [3.63, 3.8) is 0 Å². The molecule has 0 aromatic heterocycles. The third kappa shape index (κ3) is 2.44. The van der Waals surface area contributed by atoms with Crippen molar-refractivity contribution in [2.45, 2.75) is 30.7 Å². The first kappa shape index (κ1) is 18.5. The number of carboxylic acid groups (broad SMARTS) is 1. The minimum atomic E-state index is -4.99. The molecular formula is C20H16F3NO4. The molecule has 146 valence electrons. The molecule has 0 radical (unpaired) electrons. The van der Waals surface area contributed by atoms with Gasteiger partial charge in [-0.3, -0.25) is 4.79 Å². The molecular weight excluding hydrogens is 375 g/mol. The average molecular weight is 391 g/mol. The van der Waals surface area contributed by atoms with E-state index in [1.54, 1.807) is 6.07 Å². The van der Waals surface area contributed by atoms with Gasteiger partial charge in [0.15, 0.2) is 0 Å². The Kier molecular flexibility index (Phi) is 4.01. The number of alkyl halides is 3. The summed E-state index contributed by atoms with van der Waals surface area (Å²) in [5, 5.41) is 20.0. The number of halogens is 3. The second kappa shape index (κ2) is 6.07. The fourth-order valence-electron chi connectivity index (χ4n) is 4.13. The molecule has 0 spiro atoms. The minimum absolute atomic E-state index is 0.0811. The molecule has 28 heavy (non-hydrogen) atoms. The fourth-order valence-corrected chi connectivity index (χ4v) is 4.13. The molecule has 1 aliphatic carbocycles. The summed E-state index contributed by atoms with van der Waals surface area (Å²) in [6.07, 6.45) is -4.19. The van der Waals surface area contributed by atoms with E-state index in [0.29, 0.717) is 12.8 Å². The first-order valence-electron chi connectivity index (χ1n) is 8.73. The lowest BCUT2D eigenvalue weighted by atomic mass is 9.90. The predicted molar refractivity (Wildman–Crippen MR) is 92.6 cm³/mol. The quantitative estimate of drug-likeness (QED) is 0.825. The van der Waals surface area contributed by atoms with Gasteiger partial charge in [-0.15, -0.1) is 0 Å². The number of amides is 1. The number of carbonyl (C=O) groups excluding carboxylic acids is 1. The van der Waals surface area contributed by atoms with Crippen molar-refractivity contribution in [2.24, 2.45) is 0 Å². The molecule has 4 rings (SSSR count). The van der Waals surface area contributed by atoms with E-state index in [-0.39, 0.29) is 28.8 Å². The van der Waals surface area contributed by atoms with E-state index >= 15 is 0 Å². The summed E-state index contributed by atoms with van der Waals surface area (Å²) in [4.78, 5) is 25.3. The number of likely N-dealkylation sites (tertiary alicyclic amines) is 1. The highest BCUT2D eigenvalue weighted by molar-refractivity contribution is 5.98. The zero-order valence-electron chi connectivity index (χ0n) is 14.5. The molecule has 2 N–H and O–H groups in total. The molecule has 2 atom stereocenters. The molecule has 8 heteroatoms. The van der Waals surface area contributed by atoms with Crippen LogP contribution in [0.1, 0.15) is 34.3 Å². The minimum Gasteiger partial charge on any atom is -0.480 e. The zero-order valence-corrected chi connectivity index (χ0v) is 14.5. The van der Waals surface area contributed by atoms with E-state index in [2.05, 4.69) is 0 Å². The standard InChI is InChI=1S/C20H16F3NO4/c21-20(22,23)19(28)14-5-2-1-4-12(14)13-8-7-11(10-15(13)19)17(25)24-9-3-6-16(24)18(26)27/h1-2,4-5,7-8,10,16,28H,3,6,9H2,(H,26,27). The number of nitrogens with zero attached hydrogens (tertiary/aromatic N) is 1. The third-order valence-corrected chi connectivity index (χ3v) is 5.47. The van der Waals surface area contributed by atoms with Gasteiger partial charge in [0.25, 0.3) is 5.91 Å². The summed E-state index contributed by atoms with van der Waals surface area (Å²) < 4.78 is 41.6. The van der Waals surface area contributed by atoms with Gasteiger partial charge in [-0.1, -0.05) is 30.3 Å². The Labute approximate surface area is 158 Å². The second-order valence-corrected chi connectivity index (χ2v) is 7.01. The number of hydrogen-bond acceptors (Lipinski definition) is 3. The van der Waals surface area contributed by atoms with Crippen molar-refractivity contribution in [3.8, 4) is 11.1 Å². The molecule has 2 aromatic carbocycles. The van der Waals surface area contributed by atoms with Crippen LogP contribution in [0, 0.1) is 0 Å². The van der Waals surface area contributed by atoms with E-state index in [9.17, 15) is 33.0 Å². The molecule has 1 heterocycles. The maximum absolute atomic E-state index is 13.9. The molecule has 1 amide bonds. The molecule has 2 unspecified atom stereocenters. The van der Waals surface area contributed by atoms with Crippen molar-refractivity contribution in [1.29, 1.82) is 0 Å². The van der Waals surface area contributed by atoms with Gasteiger partial charge in [-0.25, -0.2) is 4.79 Å². The molecule has 1 fully saturated rings. The van der Waals surface area contributed by atoms with Crippen LogP contribution in [-0.2, 0) is 10.4 Å². The Morgan fingerprint density at radius 1 is 1.07 bits per heavy atom. The Balaban J connectivity index is 1.83. The lowest BCUT2D eigenvalue weighted by Crippen LogP contribution is -2.42. The van der Waals surface area contributed by atoms with Crippen molar-refractivity contribution >= 4 is 11.9 Å². The zero-order chi connectivity index (χ0) is 20.3. The summed E-state index contributed by atoms with van der Waals surface area (Å²) >= 11 is 0. The summed E-state index contributed by atoms with van der Waals surface area (Å²) in [5.41, 5.74) is -3.57. The fraction of sp³-hybridized carbons (Fsp3) is 0.300. The number of rotatable bonds is 2. The van der Waals surface area contributed by atoms with Crippen LogP contribution in [0.25, 0.3) is 11.1 Å². The number of carbonyl (C=O) groups is 2. The van der Waals surface area contributed by atoms with Crippen molar-refractivity contribution in [1.82, 2.24) is 4.90 Å². The molecule has 1 aliphatic heterocycles. The van der Waals surface area contributed by atoms with Gasteiger partial charge in [0.1, 0.15) is 6.04 Å². The van der Waals surface area contributed by atoms with Gasteiger partial charge in [0, 0.05) is 23.2 Å². The number of aliphatic hydroxyl groups is 1. The Bertz CT molecular complexity index is 988. The van der Waals surface area contributed by atoms with E-state index in [4.69, 9.17) is 0 Å². The number of aliphatic carboxylic acids is 1. The van der Waals surface area contributed by atoms with Crippen LogP contribution in [0.15, 0.2) is 42.5 Å². The van der Waals surface area contributed by atoms with Crippen molar-refractivity contribution in [2.75, 3.05) is 6.54 Å². The van der Waals surface area contributed by atoms with Crippen LogP contribution in [0.3, 0.4) is 0 Å². The third-order valence-electron chi connectivity index (χ3n) is 5.47. The van der Waals surface area contributed by atoms with Gasteiger partial charge in [-0.05, 0) is 36.1 Å². The Hall–Kier alpha value is -2.87. The monoisotopic (exact) mass is 391 g/mol. The van der Waals surface area contributed by atoms with Crippen LogP contribution in [-0.4, -0.2) is 45.8 Å². The SMILES string of the molecule is O=C(O)C1CCCN1C(=O)c1ccc2c(c1)C(O)(C(F)(F)F)c1ccccc1-2. The van der Waals surface area contributed by atoms with Gasteiger partial charge < -0.3 is 15.1 Å². The highest BCUT2D eigenvalue weighted by atomic mass is 19.4. The van der Waals surface area contributed by atoms with E-state index < -0.39 is 35.3 Å². The molecule has 0 bridgehead atoms. The van der Waals surface area contributed by atoms with Gasteiger partial charge in [-0.2, -0.15) is 13.2 Å². The maximum Gasteiger partial charge on any atom is 0.425 e. The lowest BCUT2D eigenvalue weighted by molar-refractivity contribution is -0.246. The summed E-state index contributed by atoms with van der Waals surface area (Å²) in [5.74, 6) is -1.81. The van der Waals surface area contributed by atoms with E-state index in [0.717, 1.165) is 11.0 Å². The summed E-state index contributed by atoms with van der Waals surface area (Å²) in [6.45, 7) is 0.219. The number of benzene rings is 2. The van der Waals surface area contributed by atoms with Gasteiger partial charge in [0.2, 0.25) is 5.60 Å². The summed E-state index contributed by atoms with van der Waals surface area (Å²) in [6, 6.07) is 8.46. The van der Waals surface area contributed by atoms with Crippen LogP contribution in [0.5, 0.6) is 0 Å². The summed E-state index contributed by atoms with van der Waals surface area (Å²) in [7, 11) is 0. The molecule has 1 saturated heterocycles. The Morgan fingerprint density at radius 3 is 2.43 bits per heavy atom. The lowest BCUT2D eigenvalue weighted by Gasteiger charge is -2.29. The van der Waals surface area contributed by atoms with Crippen molar-refractivity contribution < 1.29 is 33.0 Å². The highest BCUT2D eigenvalue weighted by Gasteiger charge is 2.60. The first-order chi connectivity index (χ1) is 13.2. The topological polar surface area (TPSA) is 77.8 Å². The largest absolute Gasteiger partial charge is 0.480 e. The second-order valence-electron chi connectivity index (χ2n) is 7.01. The van der Waals surface area contributed by atoms with Crippen LogP contribution in [0.2, 0.25) is 0 Å². The molecule has 5 nitrogen and oxygen atoms in total. The molecule has 2 aromatic rings. The smallest absolute Gasteiger partial charge is 0.425 e. The highest BCUT2D eigenvalue weighted by Crippen LogP contribution is 2.55. The average Bonchev–Trinajstić information content (AvgIpc) is 3.24. The van der Waals surface area contributed by atoms with Crippen LogP contribution in [0.4, 0.5) is 13.2 Å². The molecule has 2 aliphatic rings. The predicted octanol–water partition coefficient (Wildman–Crippen LogP) is 3.15. The number of fused-ring (bicyclic) bond motifs is 3. The number of hydrogen-bond donors (Lipinski definition) is 2.